The lowest BCUT2D eigenvalue weighted by molar-refractivity contribution is -0.124. The smallest absolute Gasteiger partial charge is 0.410 e. The van der Waals surface area contributed by atoms with Crippen molar-refractivity contribution in [2.24, 2.45) is 11.5 Å². The largest absolute Gasteiger partial charge is 0.434 e. The first-order valence-corrected chi connectivity index (χ1v) is 3.60. The SMILES string of the molecule is NCCN1CC(C(N)=O)OC1=O. The fourth-order valence-electron chi connectivity index (χ4n) is 0.995. The van der Waals surface area contributed by atoms with Gasteiger partial charge < -0.3 is 21.1 Å². The Balaban J connectivity index is 2.50. The number of hydrogen-bond acceptors (Lipinski definition) is 4. The quantitative estimate of drug-likeness (QED) is 0.528. The van der Waals surface area contributed by atoms with E-state index in [1.165, 1.54) is 4.90 Å². The zero-order chi connectivity index (χ0) is 9.14. The van der Waals surface area contributed by atoms with E-state index in [2.05, 4.69) is 4.74 Å². The number of carbonyl (C=O) groups excluding carboxylic acids is 2. The molecule has 0 saturated carbocycles. The first-order valence-electron chi connectivity index (χ1n) is 3.60. The molecule has 0 aromatic heterocycles. The molecule has 0 spiro atoms. The summed E-state index contributed by atoms with van der Waals surface area (Å²) >= 11 is 0. The predicted molar refractivity (Wildman–Crippen MR) is 40.1 cm³/mol. The Kier molecular flexibility index (Phi) is 2.49. The number of hydrogen-bond donors (Lipinski definition) is 2. The zero-order valence-electron chi connectivity index (χ0n) is 6.53. The highest BCUT2D eigenvalue weighted by atomic mass is 16.6. The van der Waals surface area contributed by atoms with Gasteiger partial charge in [-0.15, -0.1) is 0 Å². The summed E-state index contributed by atoms with van der Waals surface area (Å²) in [6.45, 7) is 0.953. The van der Waals surface area contributed by atoms with Crippen molar-refractivity contribution < 1.29 is 14.3 Å². The number of carbonyl (C=O) groups is 2. The number of cyclic esters (lactones) is 1. The third-order valence-electron chi connectivity index (χ3n) is 1.60. The van der Waals surface area contributed by atoms with Gasteiger partial charge in [0.05, 0.1) is 6.54 Å². The van der Waals surface area contributed by atoms with Crippen molar-refractivity contribution in [2.75, 3.05) is 19.6 Å². The highest BCUT2D eigenvalue weighted by molar-refractivity contribution is 5.84. The molecular weight excluding hydrogens is 162 g/mol. The molecule has 0 radical (unpaired) electrons. The summed E-state index contributed by atoms with van der Waals surface area (Å²) in [4.78, 5) is 22.9. The summed E-state index contributed by atoms with van der Waals surface area (Å²) in [5.74, 6) is -0.622. The third kappa shape index (κ3) is 1.65. The van der Waals surface area contributed by atoms with Crippen LogP contribution in [0.1, 0.15) is 0 Å². The van der Waals surface area contributed by atoms with Crippen LogP contribution in [-0.2, 0) is 9.53 Å². The summed E-state index contributed by atoms with van der Waals surface area (Å²) < 4.78 is 4.64. The fraction of sp³-hybridized carbons (Fsp3) is 0.667. The number of ether oxygens (including phenoxy) is 1. The van der Waals surface area contributed by atoms with Gasteiger partial charge in [-0.1, -0.05) is 0 Å². The Morgan fingerprint density at radius 1 is 1.75 bits per heavy atom. The summed E-state index contributed by atoms with van der Waals surface area (Å²) in [5.41, 5.74) is 10.2. The molecule has 12 heavy (non-hydrogen) atoms. The minimum Gasteiger partial charge on any atom is -0.434 e. The average molecular weight is 173 g/mol. The Hall–Kier alpha value is -1.30. The van der Waals surface area contributed by atoms with Gasteiger partial charge in [-0.05, 0) is 0 Å². The van der Waals surface area contributed by atoms with E-state index in [4.69, 9.17) is 11.5 Å². The first-order chi connectivity index (χ1) is 5.65. The standard InChI is InChI=1S/C6H11N3O3/c7-1-2-9-3-4(5(8)10)12-6(9)11/h4H,1-3,7H2,(H2,8,10). The molecule has 0 aliphatic carbocycles. The molecule has 68 valence electrons. The van der Waals surface area contributed by atoms with Crippen LogP contribution in [0.3, 0.4) is 0 Å². The van der Waals surface area contributed by atoms with Crippen LogP contribution in [0.4, 0.5) is 4.79 Å². The van der Waals surface area contributed by atoms with E-state index < -0.39 is 18.1 Å². The van der Waals surface area contributed by atoms with E-state index in [1.54, 1.807) is 0 Å². The molecule has 0 aromatic carbocycles. The van der Waals surface area contributed by atoms with Gasteiger partial charge in [0.1, 0.15) is 0 Å². The highest BCUT2D eigenvalue weighted by Gasteiger charge is 2.33. The second-order valence-corrected chi connectivity index (χ2v) is 2.51. The Bertz CT molecular complexity index is 206. The van der Waals surface area contributed by atoms with Crippen molar-refractivity contribution in [3.8, 4) is 0 Å². The molecule has 4 N–H and O–H groups in total. The molecule has 6 nitrogen and oxygen atoms in total. The van der Waals surface area contributed by atoms with Crippen molar-refractivity contribution in [3.05, 3.63) is 0 Å². The van der Waals surface area contributed by atoms with Gasteiger partial charge >= 0.3 is 6.09 Å². The van der Waals surface area contributed by atoms with Gasteiger partial charge in [0.25, 0.3) is 5.91 Å². The average Bonchev–Trinajstić information content (AvgIpc) is 2.34. The molecule has 1 aliphatic heterocycles. The molecule has 1 unspecified atom stereocenters. The maximum absolute atomic E-state index is 10.9. The Morgan fingerprint density at radius 3 is 2.83 bits per heavy atom. The third-order valence-corrected chi connectivity index (χ3v) is 1.60. The van der Waals surface area contributed by atoms with Gasteiger partial charge in [-0.25, -0.2) is 4.79 Å². The van der Waals surface area contributed by atoms with Crippen molar-refractivity contribution >= 4 is 12.0 Å². The summed E-state index contributed by atoms with van der Waals surface area (Å²) in [6, 6.07) is 0. The maximum Gasteiger partial charge on any atom is 0.410 e. The predicted octanol–water partition coefficient (Wildman–Crippen LogP) is -1.75. The summed E-state index contributed by atoms with van der Waals surface area (Å²) in [5, 5.41) is 0. The normalized spacial score (nSPS) is 22.6. The Morgan fingerprint density at radius 2 is 2.42 bits per heavy atom. The topological polar surface area (TPSA) is 98.7 Å². The van der Waals surface area contributed by atoms with Crippen LogP contribution in [0, 0.1) is 0 Å². The van der Waals surface area contributed by atoms with Crippen LogP contribution in [-0.4, -0.2) is 42.6 Å². The van der Waals surface area contributed by atoms with Gasteiger partial charge in [-0.3, -0.25) is 4.79 Å². The van der Waals surface area contributed by atoms with Crippen LogP contribution >= 0.6 is 0 Å². The number of rotatable bonds is 3. The molecular formula is C6H11N3O3. The van der Waals surface area contributed by atoms with Crippen molar-refractivity contribution in [1.29, 1.82) is 0 Å². The van der Waals surface area contributed by atoms with Crippen molar-refractivity contribution in [1.82, 2.24) is 4.90 Å². The lowest BCUT2D eigenvalue weighted by Gasteiger charge is -2.09. The zero-order valence-corrected chi connectivity index (χ0v) is 6.53. The molecule has 1 heterocycles. The first kappa shape index (κ1) is 8.79. The minimum atomic E-state index is -0.816. The number of nitrogens with zero attached hydrogens (tertiary/aromatic N) is 1. The second kappa shape index (κ2) is 3.40. The lowest BCUT2D eigenvalue weighted by Crippen LogP contribution is -2.34. The van der Waals surface area contributed by atoms with Crippen LogP contribution in [0.5, 0.6) is 0 Å². The summed E-state index contributed by atoms with van der Waals surface area (Å²) in [6.07, 6.45) is -1.34. The number of nitrogens with two attached hydrogens (primary N) is 2. The van der Waals surface area contributed by atoms with Crippen LogP contribution in [0.15, 0.2) is 0 Å². The summed E-state index contributed by atoms with van der Waals surface area (Å²) in [7, 11) is 0. The van der Waals surface area contributed by atoms with E-state index in [0.717, 1.165) is 0 Å². The highest BCUT2D eigenvalue weighted by Crippen LogP contribution is 2.09. The van der Waals surface area contributed by atoms with Gasteiger partial charge in [0, 0.05) is 13.1 Å². The van der Waals surface area contributed by atoms with Crippen molar-refractivity contribution in [3.63, 3.8) is 0 Å². The van der Waals surface area contributed by atoms with Gasteiger partial charge in [-0.2, -0.15) is 0 Å². The van der Waals surface area contributed by atoms with Gasteiger partial charge in [0.15, 0.2) is 6.10 Å². The molecule has 1 rings (SSSR count). The molecule has 0 bridgehead atoms. The molecule has 0 aromatic rings. The molecule has 1 fully saturated rings. The van der Waals surface area contributed by atoms with E-state index in [9.17, 15) is 9.59 Å². The van der Waals surface area contributed by atoms with Crippen LogP contribution in [0.2, 0.25) is 0 Å². The Labute approximate surface area is 69.4 Å². The van der Waals surface area contributed by atoms with E-state index in [0.29, 0.717) is 13.1 Å². The molecule has 6 heteroatoms. The molecule has 1 saturated heterocycles. The second-order valence-electron chi connectivity index (χ2n) is 2.51. The maximum atomic E-state index is 10.9. The number of amides is 2. The number of primary amides is 1. The van der Waals surface area contributed by atoms with E-state index in [1.807, 2.05) is 0 Å². The van der Waals surface area contributed by atoms with Gasteiger partial charge in [0.2, 0.25) is 0 Å². The van der Waals surface area contributed by atoms with Crippen LogP contribution < -0.4 is 11.5 Å². The lowest BCUT2D eigenvalue weighted by atomic mass is 10.3. The fourth-order valence-corrected chi connectivity index (χ4v) is 0.995. The van der Waals surface area contributed by atoms with E-state index in [-0.39, 0.29) is 6.54 Å². The minimum absolute atomic E-state index is 0.214. The molecule has 2 amide bonds. The monoisotopic (exact) mass is 173 g/mol. The van der Waals surface area contributed by atoms with Crippen LogP contribution in [0.25, 0.3) is 0 Å². The van der Waals surface area contributed by atoms with E-state index >= 15 is 0 Å². The van der Waals surface area contributed by atoms with Crippen molar-refractivity contribution in [2.45, 2.75) is 6.10 Å². The molecule has 1 atom stereocenters. The molecule has 1 aliphatic rings.